The van der Waals surface area contributed by atoms with E-state index in [1.807, 2.05) is 12.1 Å². The molecule has 0 atom stereocenters. The highest BCUT2D eigenvalue weighted by Gasteiger charge is 2.13. The molecular formula is C15H13FN6O. The first-order chi connectivity index (χ1) is 11.0. The van der Waals surface area contributed by atoms with Crippen molar-refractivity contribution in [1.82, 2.24) is 4.98 Å². The molecule has 1 aromatic heterocycles. The Morgan fingerprint density at radius 2 is 1.87 bits per heavy atom. The van der Waals surface area contributed by atoms with E-state index in [2.05, 4.69) is 15.0 Å². The van der Waals surface area contributed by atoms with Crippen molar-refractivity contribution in [1.29, 1.82) is 0 Å². The third-order valence-electron chi connectivity index (χ3n) is 2.96. The molecule has 0 unspecified atom stereocenters. The molecule has 0 saturated heterocycles. The van der Waals surface area contributed by atoms with Crippen molar-refractivity contribution in [2.75, 3.05) is 0 Å². The van der Waals surface area contributed by atoms with Crippen molar-refractivity contribution in [3.8, 4) is 11.5 Å². The number of rotatable bonds is 2. The lowest BCUT2D eigenvalue weighted by atomic mass is 10.2. The second-order valence-corrected chi connectivity index (χ2v) is 4.66. The lowest BCUT2D eigenvalue weighted by Gasteiger charge is -2.01. The van der Waals surface area contributed by atoms with Crippen LogP contribution >= 0.6 is 0 Å². The fraction of sp³-hybridized carbons (Fsp3) is 0. The van der Waals surface area contributed by atoms with E-state index in [1.54, 1.807) is 12.1 Å². The Balaban J connectivity index is 2.05. The molecule has 0 spiro atoms. The summed E-state index contributed by atoms with van der Waals surface area (Å²) in [5, 5.41) is 0. The number of hydrogen-bond donors (Lipinski definition) is 3. The van der Waals surface area contributed by atoms with E-state index < -0.39 is 5.82 Å². The number of oxazole rings is 1. The lowest BCUT2D eigenvalue weighted by Crippen LogP contribution is -2.26. The average Bonchev–Trinajstić information content (AvgIpc) is 2.92. The van der Waals surface area contributed by atoms with Crippen LogP contribution in [0.4, 0.5) is 10.1 Å². The summed E-state index contributed by atoms with van der Waals surface area (Å²) in [6.07, 6.45) is 0. The molecule has 0 aliphatic heterocycles. The second kappa shape index (κ2) is 5.76. The Morgan fingerprint density at radius 3 is 2.61 bits per heavy atom. The molecule has 116 valence electrons. The van der Waals surface area contributed by atoms with Gasteiger partial charge in [0.1, 0.15) is 11.3 Å². The summed E-state index contributed by atoms with van der Waals surface area (Å²) >= 11 is 0. The van der Waals surface area contributed by atoms with Gasteiger partial charge in [-0.1, -0.05) is 12.1 Å². The number of fused-ring (bicyclic) bond motifs is 1. The van der Waals surface area contributed by atoms with Crippen molar-refractivity contribution in [2.45, 2.75) is 0 Å². The van der Waals surface area contributed by atoms with Gasteiger partial charge in [-0.2, -0.15) is 4.99 Å². The Morgan fingerprint density at radius 1 is 1.09 bits per heavy atom. The molecular weight excluding hydrogens is 299 g/mol. The van der Waals surface area contributed by atoms with Gasteiger partial charge in [-0.15, -0.1) is 0 Å². The van der Waals surface area contributed by atoms with Gasteiger partial charge < -0.3 is 21.6 Å². The fourth-order valence-electron chi connectivity index (χ4n) is 2.02. The van der Waals surface area contributed by atoms with Crippen LogP contribution in [0.3, 0.4) is 0 Å². The predicted octanol–water partition coefficient (Wildman–Crippen LogP) is 1.85. The molecule has 8 heteroatoms. The molecule has 23 heavy (non-hydrogen) atoms. The topological polar surface area (TPSA) is 129 Å². The van der Waals surface area contributed by atoms with Gasteiger partial charge in [-0.05, 0) is 30.3 Å². The highest BCUT2D eigenvalue weighted by atomic mass is 19.1. The maximum atomic E-state index is 14.1. The smallest absolute Gasteiger partial charge is 0.230 e. The summed E-state index contributed by atoms with van der Waals surface area (Å²) in [7, 11) is 0. The number of guanidine groups is 2. The highest BCUT2D eigenvalue weighted by Crippen LogP contribution is 2.29. The monoisotopic (exact) mass is 312 g/mol. The highest BCUT2D eigenvalue weighted by molar-refractivity contribution is 5.93. The second-order valence-electron chi connectivity index (χ2n) is 4.66. The van der Waals surface area contributed by atoms with Crippen molar-refractivity contribution in [2.24, 2.45) is 27.2 Å². The normalized spacial score (nSPS) is 11.6. The molecule has 3 rings (SSSR count). The van der Waals surface area contributed by atoms with Gasteiger partial charge >= 0.3 is 0 Å². The number of nitrogens with two attached hydrogens (primary N) is 3. The summed E-state index contributed by atoms with van der Waals surface area (Å²) < 4.78 is 19.6. The Hall–Kier alpha value is -3.42. The van der Waals surface area contributed by atoms with Crippen LogP contribution in [0.5, 0.6) is 0 Å². The summed E-state index contributed by atoms with van der Waals surface area (Å²) in [5.41, 5.74) is 17.7. The quantitative estimate of drug-likeness (QED) is 0.491. The van der Waals surface area contributed by atoms with E-state index in [0.29, 0.717) is 16.8 Å². The molecule has 0 bridgehead atoms. The van der Waals surface area contributed by atoms with E-state index in [9.17, 15) is 4.39 Å². The van der Waals surface area contributed by atoms with Crippen molar-refractivity contribution in [3.05, 3.63) is 48.3 Å². The standard InChI is InChI=1S/C15H13FN6O/c16-10-6-5-8(20-15(19)22-14(17)18)7-9(10)13-21-11-3-1-2-4-12(11)23-13/h1-7H,(H6,17,18,19,20,22). The van der Waals surface area contributed by atoms with E-state index in [1.165, 1.54) is 18.2 Å². The molecule has 3 aromatic rings. The average molecular weight is 312 g/mol. The molecule has 0 fully saturated rings. The van der Waals surface area contributed by atoms with E-state index >= 15 is 0 Å². The minimum Gasteiger partial charge on any atom is -0.436 e. The number of hydrogen-bond acceptors (Lipinski definition) is 3. The van der Waals surface area contributed by atoms with Crippen LogP contribution in [0.15, 0.2) is 56.9 Å². The van der Waals surface area contributed by atoms with Gasteiger partial charge in [0, 0.05) is 0 Å². The zero-order valence-electron chi connectivity index (χ0n) is 11.9. The van der Waals surface area contributed by atoms with Gasteiger partial charge in [0.15, 0.2) is 11.5 Å². The third-order valence-corrected chi connectivity index (χ3v) is 2.96. The fourth-order valence-corrected chi connectivity index (χ4v) is 2.02. The first kappa shape index (κ1) is 14.5. The van der Waals surface area contributed by atoms with E-state index in [0.717, 1.165) is 0 Å². The summed E-state index contributed by atoms with van der Waals surface area (Å²) in [4.78, 5) is 11.8. The zero-order valence-corrected chi connectivity index (χ0v) is 11.9. The van der Waals surface area contributed by atoms with E-state index in [-0.39, 0.29) is 23.4 Å². The van der Waals surface area contributed by atoms with Gasteiger partial charge in [-0.3, -0.25) is 0 Å². The summed E-state index contributed by atoms with van der Waals surface area (Å²) in [6.45, 7) is 0. The number of halogens is 1. The van der Waals surface area contributed by atoms with Crippen LogP contribution < -0.4 is 17.2 Å². The molecule has 0 saturated carbocycles. The first-order valence-electron chi connectivity index (χ1n) is 6.62. The van der Waals surface area contributed by atoms with Crippen LogP contribution in [0.25, 0.3) is 22.6 Å². The molecule has 7 nitrogen and oxygen atoms in total. The minimum atomic E-state index is -0.490. The van der Waals surface area contributed by atoms with Crippen molar-refractivity contribution < 1.29 is 8.81 Å². The van der Waals surface area contributed by atoms with Gasteiger partial charge in [0.2, 0.25) is 11.9 Å². The first-order valence-corrected chi connectivity index (χ1v) is 6.62. The van der Waals surface area contributed by atoms with Gasteiger partial charge in [0.25, 0.3) is 0 Å². The number of benzene rings is 2. The zero-order chi connectivity index (χ0) is 16.4. The minimum absolute atomic E-state index is 0.139. The molecule has 6 N–H and O–H groups in total. The maximum Gasteiger partial charge on any atom is 0.230 e. The van der Waals surface area contributed by atoms with Crippen LogP contribution in [-0.4, -0.2) is 16.9 Å². The molecule has 0 aliphatic rings. The van der Waals surface area contributed by atoms with Gasteiger partial charge in [0.05, 0.1) is 11.3 Å². The van der Waals surface area contributed by atoms with Crippen LogP contribution in [0, 0.1) is 5.82 Å². The van der Waals surface area contributed by atoms with Crippen LogP contribution in [-0.2, 0) is 0 Å². The molecule has 1 heterocycles. The van der Waals surface area contributed by atoms with Crippen molar-refractivity contribution in [3.63, 3.8) is 0 Å². The van der Waals surface area contributed by atoms with E-state index in [4.69, 9.17) is 21.6 Å². The number of aliphatic imine (C=N–C) groups is 2. The summed E-state index contributed by atoms with van der Waals surface area (Å²) in [6, 6.07) is 11.3. The molecule has 0 aliphatic carbocycles. The number of para-hydroxylation sites is 2. The maximum absolute atomic E-state index is 14.1. The van der Waals surface area contributed by atoms with Gasteiger partial charge in [-0.25, -0.2) is 14.4 Å². The number of nitrogens with zero attached hydrogens (tertiary/aromatic N) is 3. The largest absolute Gasteiger partial charge is 0.436 e. The van der Waals surface area contributed by atoms with Crippen LogP contribution in [0.1, 0.15) is 0 Å². The summed E-state index contributed by atoms with van der Waals surface area (Å²) in [5.74, 6) is -0.690. The SMILES string of the molecule is NC(N)=NC(N)=Nc1ccc(F)c(-c2nc3ccccc3o2)c1. The lowest BCUT2D eigenvalue weighted by molar-refractivity contribution is 0.593. The molecule has 2 aromatic carbocycles. The molecule has 0 amide bonds. The van der Waals surface area contributed by atoms with Crippen molar-refractivity contribution >= 4 is 28.7 Å². The Labute approximate surface area is 130 Å². The number of aromatic nitrogens is 1. The third kappa shape index (κ3) is 3.10. The molecule has 0 radical (unpaired) electrons. The Kier molecular flexibility index (Phi) is 3.63. The predicted molar refractivity (Wildman–Crippen MR) is 86.5 cm³/mol. The van der Waals surface area contributed by atoms with Crippen LogP contribution in [0.2, 0.25) is 0 Å². The Bertz CT molecular complexity index is 894.